The van der Waals surface area contributed by atoms with Crippen molar-refractivity contribution >= 4 is 23.2 Å². The maximum atomic E-state index is 12.4. The Kier molecular flexibility index (Phi) is 5.27. The van der Waals surface area contributed by atoms with Crippen molar-refractivity contribution in [1.82, 2.24) is 10.3 Å². The molecule has 116 valence electrons. The molecule has 5 nitrogen and oxygen atoms in total. The number of amides is 1. The van der Waals surface area contributed by atoms with Gasteiger partial charge in [0.25, 0.3) is 0 Å². The molecule has 0 aliphatic heterocycles. The summed E-state index contributed by atoms with van der Waals surface area (Å²) in [5.74, 6) is -1.21. The third-order valence-corrected chi connectivity index (χ3v) is 4.14. The van der Waals surface area contributed by atoms with Gasteiger partial charge in [0.2, 0.25) is 5.91 Å². The van der Waals surface area contributed by atoms with Crippen molar-refractivity contribution in [2.24, 2.45) is 5.92 Å². The first kappa shape index (κ1) is 16.2. The van der Waals surface area contributed by atoms with Crippen LogP contribution in [-0.2, 0) is 11.3 Å². The lowest BCUT2D eigenvalue weighted by molar-refractivity contribution is -0.123. The van der Waals surface area contributed by atoms with E-state index in [1.165, 1.54) is 16.7 Å². The van der Waals surface area contributed by atoms with Gasteiger partial charge in [-0.05, 0) is 11.5 Å². The van der Waals surface area contributed by atoms with Crippen molar-refractivity contribution in [3.8, 4) is 0 Å². The largest absolute Gasteiger partial charge is 0.476 e. The van der Waals surface area contributed by atoms with Crippen molar-refractivity contribution in [2.45, 2.75) is 26.3 Å². The van der Waals surface area contributed by atoms with Crippen molar-refractivity contribution < 1.29 is 14.7 Å². The molecule has 1 heterocycles. The maximum Gasteiger partial charge on any atom is 0.355 e. The highest BCUT2D eigenvalue weighted by atomic mass is 32.1. The normalized spacial score (nSPS) is 12.1. The number of benzene rings is 1. The van der Waals surface area contributed by atoms with Gasteiger partial charge < -0.3 is 10.4 Å². The van der Waals surface area contributed by atoms with Crippen molar-refractivity contribution in [2.75, 3.05) is 0 Å². The zero-order chi connectivity index (χ0) is 16.1. The predicted molar refractivity (Wildman–Crippen MR) is 84.9 cm³/mol. The van der Waals surface area contributed by atoms with Gasteiger partial charge in [0, 0.05) is 5.38 Å². The number of nitrogens with one attached hydrogen (secondary N) is 1. The Morgan fingerprint density at radius 1 is 1.27 bits per heavy atom. The fourth-order valence-corrected chi connectivity index (χ4v) is 2.97. The Morgan fingerprint density at radius 2 is 1.95 bits per heavy atom. The monoisotopic (exact) mass is 318 g/mol. The lowest BCUT2D eigenvalue weighted by Crippen LogP contribution is -2.31. The molecule has 1 aromatic heterocycles. The van der Waals surface area contributed by atoms with Crippen LogP contribution in [0.3, 0.4) is 0 Å². The van der Waals surface area contributed by atoms with Gasteiger partial charge in [-0.1, -0.05) is 44.2 Å². The molecule has 0 spiro atoms. The van der Waals surface area contributed by atoms with E-state index >= 15 is 0 Å². The Hall–Kier alpha value is -2.21. The molecule has 1 aromatic carbocycles. The number of aromatic nitrogens is 1. The lowest BCUT2D eigenvalue weighted by Gasteiger charge is -2.20. The number of aromatic carboxylic acids is 1. The van der Waals surface area contributed by atoms with E-state index in [-0.39, 0.29) is 30.0 Å². The minimum Gasteiger partial charge on any atom is -0.476 e. The summed E-state index contributed by atoms with van der Waals surface area (Å²) in [4.78, 5) is 27.2. The zero-order valence-electron chi connectivity index (χ0n) is 12.4. The molecule has 0 radical (unpaired) electrons. The molecule has 0 saturated heterocycles. The summed E-state index contributed by atoms with van der Waals surface area (Å²) in [5, 5.41) is 13.7. The topological polar surface area (TPSA) is 79.3 Å². The average Bonchev–Trinajstić information content (AvgIpc) is 2.95. The summed E-state index contributed by atoms with van der Waals surface area (Å²) in [7, 11) is 0. The highest BCUT2D eigenvalue weighted by Crippen LogP contribution is 2.24. The molecule has 2 rings (SSSR count). The number of nitrogens with zero attached hydrogens (tertiary/aromatic N) is 1. The number of rotatable bonds is 6. The second-order valence-electron chi connectivity index (χ2n) is 5.28. The number of hydrogen-bond donors (Lipinski definition) is 2. The summed E-state index contributed by atoms with van der Waals surface area (Å²) >= 11 is 1.23. The summed E-state index contributed by atoms with van der Waals surface area (Å²) in [5.41, 5.74) is 0.984. The Morgan fingerprint density at radius 3 is 2.50 bits per heavy atom. The molecule has 1 atom stereocenters. The molecular weight excluding hydrogens is 300 g/mol. The van der Waals surface area contributed by atoms with Crippen LogP contribution in [0, 0.1) is 5.92 Å². The number of carboxylic acids is 1. The smallest absolute Gasteiger partial charge is 0.355 e. The van der Waals surface area contributed by atoms with Crippen LogP contribution in [0.4, 0.5) is 0 Å². The van der Waals surface area contributed by atoms with Crippen LogP contribution < -0.4 is 5.32 Å². The van der Waals surface area contributed by atoms with E-state index in [1.807, 2.05) is 44.2 Å². The number of hydrogen-bond acceptors (Lipinski definition) is 4. The van der Waals surface area contributed by atoms with Crippen LogP contribution in [0.5, 0.6) is 0 Å². The summed E-state index contributed by atoms with van der Waals surface area (Å²) in [6, 6.07) is 9.63. The highest BCUT2D eigenvalue weighted by Gasteiger charge is 2.24. The fourth-order valence-electron chi connectivity index (χ4n) is 2.26. The summed E-state index contributed by atoms with van der Waals surface area (Å²) < 4.78 is 0. The molecule has 1 unspecified atom stereocenters. The molecule has 22 heavy (non-hydrogen) atoms. The van der Waals surface area contributed by atoms with Gasteiger partial charge in [0.15, 0.2) is 5.69 Å². The first-order chi connectivity index (χ1) is 10.5. The Labute approximate surface area is 133 Å². The van der Waals surface area contributed by atoms with Crippen LogP contribution in [-0.4, -0.2) is 22.0 Å². The van der Waals surface area contributed by atoms with Gasteiger partial charge in [-0.2, -0.15) is 0 Å². The van der Waals surface area contributed by atoms with Crippen LogP contribution >= 0.6 is 11.3 Å². The number of carbonyl (C=O) groups is 2. The minimum absolute atomic E-state index is 0.0118. The SMILES string of the molecule is CC(C)C(C(=O)NCc1nc(C(=O)O)cs1)c1ccccc1. The zero-order valence-corrected chi connectivity index (χ0v) is 13.3. The number of carbonyl (C=O) groups excluding carboxylic acids is 1. The Bertz CT molecular complexity index is 652. The molecule has 0 aliphatic carbocycles. The van der Waals surface area contributed by atoms with Gasteiger partial charge in [-0.3, -0.25) is 4.79 Å². The first-order valence-corrected chi connectivity index (χ1v) is 7.87. The van der Waals surface area contributed by atoms with E-state index in [4.69, 9.17) is 5.11 Å². The van der Waals surface area contributed by atoms with E-state index < -0.39 is 5.97 Å². The third kappa shape index (κ3) is 3.92. The maximum absolute atomic E-state index is 12.4. The van der Waals surface area contributed by atoms with E-state index in [2.05, 4.69) is 10.3 Å². The van der Waals surface area contributed by atoms with Gasteiger partial charge >= 0.3 is 5.97 Å². The number of thiazole rings is 1. The second-order valence-corrected chi connectivity index (χ2v) is 6.22. The molecular formula is C16H18N2O3S. The van der Waals surface area contributed by atoms with Gasteiger partial charge in [0.1, 0.15) is 5.01 Å². The molecule has 0 saturated carbocycles. The van der Waals surface area contributed by atoms with Crippen molar-refractivity contribution in [3.63, 3.8) is 0 Å². The van der Waals surface area contributed by atoms with E-state index in [1.54, 1.807) is 0 Å². The molecule has 1 amide bonds. The summed E-state index contributed by atoms with van der Waals surface area (Å²) in [6.45, 7) is 4.25. The number of carboxylic acid groups (broad SMARTS) is 1. The van der Waals surface area contributed by atoms with Gasteiger partial charge in [-0.15, -0.1) is 11.3 Å². The first-order valence-electron chi connectivity index (χ1n) is 6.99. The van der Waals surface area contributed by atoms with Crippen LogP contribution in [0.1, 0.15) is 40.8 Å². The fraction of sp³-hybridized carbons (Fsp3) is 0.312. The van der Waals surface area contributed by atoms with E-state index in [0.717, 1.165) is 5.56 Å². The molecule has 0 bridgehead atoms. The standard InChI is InChI=1S/C16H18N2O3S/c1-10(2)14(11-6-4-3-5-7-11)15(19)17-8-13-18-12(9-22-13)16(20)21/h3-7,9-10,14H,8H2,1-2H3,(H,17,19)(H,20,21). The lowest BCUT2D eigenvalue weighted by atomic mass is 9.88. The summed E-state index contributed by atoms with van der Waals surface area (Å²) in [6.07, 6.45) is 0. The second kappa shape index (κ2) is 7.17. The van der Waals surface area contributed by atoms with Crippen LogP contribution in [0.15, 0.2) is 35.7 Å². The van der Waals surface area contributed by atoms with Crippen LogP contribution in [0.2, 0.25) is 0 Å². The van der Waals surface area contributed by atoms with Crippen molar-refractivity contribution in [1.29, 1.82) is 0 Å². The van der Waals surface area contributed by atoms with Gasteiger partial charge in [-0.25, -0.2) is 9.78 Å². The van der Waals surface area contributed by atoms with E-state index in [9.17, 15) is 9.59 Å². The highest BCUT2D eigenvalue weighted by molar-refractivity contribution is 7.09. The van der Waals surface area contributed by atoms with Gasteiger partial charge in [0.05, 0.1) is 12.5 Å². The third-order valence-electron chi connectivity index (χ3n) is 3.29. The molecule has 6 heteroatoms. The quantitative estimate of drug-likeness (QED) is 0.858. The Balaban J connectivity index is 2.04. The van der Waals surface area contributed by atoms with E-state index in [0.29, 0.717) is 5.01 Å². The van der Waals surface area contributed by atoms with Crippen LogP contribution in [0.25, 0.3) is 0 Å². The molecule has 0 aliphatic rings. The average molecular weight is 318 g/mol. The molecule has 2 aromatic rings. The van der Waals surface area contributed by atoms with Crippen molar-refractivity contribution in [3.05, 3.63) is 52.0 Å². The molecule has 2 N–H and O–H groups in total. The minimum atomic E-state index is -1.06. The predicted octanol–water partition coefficient (Wildman–Crippen LogP) is 2.90. The molecule has 0 fully saturated rings.